The van der Waals surface area contributed by atoms with Crippen LogP contribution in [0.5, 0.6) is 11.8 Å². The van der Waals surface area contributed by atoms with Crippen LogP contribution in [-0.2, 0) is 0 Å². The Labute approximate surface area is 188 Å². The van der Waals surface area contributed by atoms with E-state index in [1.165, 1.54) is 26.4 Å². The molecule has 0 N–H and O–H groups in total. The van der Waals surface area contributed by atoms with Crippen LogP contribution in [0.3, 0.4) is 0 Å². The van der Waals surface area contributed by atoms with Gasteiger partial charge in [-0.25, -0.2) is 0 Å². The van der Waals surface area contributed by atoms with Gasteiger partial charge in [0, 0.05) is 10.5 Å². The molecule has 0 spiro atoms. The predicted molar refractivity (Wildman–Crippen MR) is 76.2 cm³/mol. The first-order valence-corrected chi connectivity index (χ1v) is 6.89. The average Bonchev–Trinajstić information content (AvgIpc) is 2.46. The van der Waals surface area contributed by atoms with Gasteiger partial charge in [-0.2, -0.15) is 9.97 Å². The molecule has 1 aromatic heterocycles. The fraction of sp³-hybridized carbons (Fsp3) is 0.154. The standard InChI is InChI=1S/C13H11ClN2O4S.2Na.H/c1-19-9-6-10(20-2)16-13(15-9)21-8-5-3-4-7(14)11(8)12(17)18;;;/h3-6H,1-2H3,(H,17,18);;;/q;2*+1;-1/p-1. The Morgan fingerprint density at radius 1 is 1.22 bits per heavy atom. The van der Waals surface area contributed by atoms with Gasteiger partial charge in [0.1, 0.15) is 0 Å². The molecule has 2 rings (SSSR count). The van der Waals surface area contributed by atoms with E-state index in [0.717, 1.165) is 11.8 Å². The number of aromatic nitrogens is 2. The summed E-state index contributed by atoms with van der Waals surface area (Å²) in [5, 5.41) is 11.5. The Hall–Kier alpha value is 0.0100. The maximum absolute atomic E-state index is 11.2. The maximum atomic E-state index is 11.2. The minimum absolute atomic E-state index is 0. The summed E-state index contributed by atoms with van der Waals surface area (Å²) in [4.78, 5) is 19.8. The molecular weight excluding hydrogens is 362 g/mol. The number of hydrogen-bond acceptors (Lipinski definition) is 7. The third-order valence-corrected chi connectivity index (χ3v) is 3.70. The topological polar surface area (TPSA) is 84.4 Å². The van der Waals surface area contributed by atoms with Gasteiger partial charge in [-0.15, -0.1) is 0 Å². The van der Waals surface area contributed by atoms with Gasteiger partial charge < -0.3 is 20.8 Å². The van der Waals surface area contributed by atoms with Gasteiger partial charge in [-0.1, -0.05) is 17.7 Å². The molecule has 6 nitrogen and oxygen atoms in total. The zero-order valence-corrected chi connectivity index (χ0v) is 18.7. The van der Waals surface area contributed by atoms with Crippen molar-refractivity contribution in [2.45, 2.75) is 10.1 Å². The van der Waals surface area contributed by atoms with Crippen molar-refractivity contribution < 1.29 is 79.9 Å². The quantitative estimate of drug-likeness (QED) is 0.388. The van der Waals surface area contributed by atoms with E-state index in [2.05, 4.69) is 9.97 Å². The number of carboxylic acids is 1. The van der Waals surface area contributed by atoms with Crippen LogP contribution >= 0.6 is 23.4 Å². The fourth-order valence-corrected chi connectivity index (χ4v) is 2.74. The predicted octanol–water partition coefficient (Wildman–Crippen LogP) is -4.22. The Morgan fingerprint density at radius 2 is 1.78 bits per heavy atom. The number of rotatable bonds is 5. The van der Waals surface area contributed by atoms with Gasteiger partial charge in [0.25, 0.3) is 0 Å². The second kappa shape index (κ2) is 10.8. The number of hydrogen-bond donors (Lipinski definition) is 0. The van der Waals surface area contributed by atoms with E-state index in [0.29, 0.717) is 16.7 Å². The van der Waals surface area contributed by atoms with Gasteiger partial charge in [0.15, 0.2) is 5.16 Å². The van der Waals surface area contributed by atoms with Gasteiger partial charge in [-0.05, 0) is 23.9 Å². The van der Waals surface area contributed by atoms with Gasteiger partial charge in [0.05, 0.1) is 31.3 Å². The molecule has 0 amide bonds. The summed E-state index contributed by atoms with van der Waals surface area (Å²) < 4.78 is 10.1. The third kappa shape index (κ3) is 6.10. The van der Waals surface area contributed by atoms with Crippen molar-refractivity contribution in [2.24, 2.45) is 0 Å². The molecular formula is C13H11ClN2Na2O4S. The summed E-state index contributed by atoms with van der Waals surface area (Å²) in [6.45, 7) is 0. The minimum Gasteiger partial charge on any atom is -1.00 e. The number of carbonyl (C=O) groups is 1. The van der Waals surface area contributed by atoms with Crippen LogP contribution in [0.15, 0.2) is 34.3 Å². The van der Waals surface area contributed by atoms with Crippen molar-refractivity contribution in [1.29, 1.82) is 0 Å². The van der Waals surface area contributed by atoms with Gasteiger partial charge >= 0.3 is 59.1 Å². The molecule has 10 heteroatoms. The summed E-state index contributed by atoms with van der Waals surface area (Å²) in [5.41, 5.74) is -0.102. The largest absolute Gasteiger partial charge is 1.00 e. The number of nitrogens with zero attached hydrogens (tertiary/aromatic N) is 2. The molecule has 0 atom stereocenters. The average molecular weight is 373 g/mol. The summed E-state index contributed by atoms with van der Waals surface area (Å²) in [6, 6.07) is 6.22. The van der Waals surface area contributed by atoms with Crippen molar-refractivity contribution in [1.82, 2.24) is 9.97 Å². The molecule has 0 aliphatic heterocycles. The number of carboxylic acid groups (broad SMARTS) is 1. The molecule has 23 heavy (non-hydrogen) atoms. The molecule has 0 saturated carbocycles. The Balaban J connectivity index is 0. The zero-order valence-electron chi connectivity index (χ0n) is 14.1. The number of aromatic carboxylic acids is 1. The molecule has 112 valence electrons. The van der Waals surface area contributed by atoms with Crippen LogP contribution < -0.4 is 73.7 Å². The van der Waals surface area contributed by atoms with Crippen LogP contribution in [0, 0.1) is 0 Å². The van der Waals surface area contributed by atoms with E-state index in [4.69, 9.17) is 21.1 Å². The zero-order chi connectivity index (χ0) is 15.4. The summed E-state index contributed by atoms with van der Waals surface area (Å²) in [6.07, 6.45) is 0. The number of methoxy groups -OCH3 is 2. The third-order valence-electron chi connectivity index (χ3n) is 2.46. The molecule has 0 bridgehead atoms. The van der Waals surface area contributed by atoms with Crippen LogP contribution in [0.4, 0.5) is 0 Å². The second-order valence-electron chi connectivity index (χ2n) is 3.74. The summed E-state index contributed by atoms with van der Waals surface area (Å²) >= 11 is 6.91. The normalized spacial score (nSPS) is 9.35. The number of halogens is 1. The molecule has 2 aromatic rings. The SMILES string of the molecule is COc1cc(OC)nc(Sc2cccc(Cl)c2C(=O)[O-])n1.[H-].[Na+].[Na+]. The molecule has 1 aromatic carbocycles. The van der Waals surface area contributed by atoms with Gasteiger partial charge in [-0.3, -0.25) is 0 Å². The molecule has 0 radical (unpaired) electrons. The van der Waals surface area contributed by atoms with Crippen LogP contribution in [0.1, 0.15) is 11.8 Å². The van der Waals surface area contributed by atoms with E-state index >= 15 is 0 Å². The van der Waals surface area contributed by atoms with Crippen LogP contribution in [0.2, 0.25) is 5.02 Å². The Kier molecular flexibility index (Phi) is 10.8. The maximum Gasteiger partial charge on any atom is 1.00 e. The van der Waals surface area contributed by atoms with Crippen molar-refractivity contribution in [3.05, 3.63) is 34.9 Å². The number of benzene rings is 1. The van der Waals surface area contributed by atoms with E-state index < -0.39 is 5.97 Å². The first-order valence-electron chi connectivity index (χ1n) is 5.70. The van der Waals surface area contributed by atoms with Gasteiger partial charge in [0.2, 0.25) is 11.8 Å². The van der Waals surface area contributed by atoms with Crippen molar-refractivity contribution >= 4 is 29.3 Å². The summed E-state index contributed by atoms with van der Waals surface area (Å²) in [5.74, 6) is -0.749. The number of ether oxygens (including phenoxy) is 2. The van der Waals surface area contributed by atoms with E-state index in [1.807, 2.05) is 0 Å². The molecule has 0 fully saturated rings. The van der Waals surface area contributed by atoms with E-state index in [9.17, 15) is 9.90 Å². The minimum atomic E-state index is -1.36. The second-order valence-corrected chi connectivity index (χ2v) is 5.15. The Morgan fingerprint density at radius 3 is 2.26 bits per heavy atom. The van der Waals surface area contributed by atoms with Crippen molar-refractivity contribution in [2.75, 3.05) is 14.2 Å². The molecule has 0 aliphatic rings. The smallest absolute Gasteiger partial charge is 1.00 e. The monoisotopic (exact) mass is 372 g/mol. The summed E-state index contributed by atoms with van der Waals surface area (Å²) in [7, 11) is 2.92. The van der Waals surface area contributed by atoms with Crippen LogP contribution in [0.25, 0.3) is 0 Å². The first kappa shape index (κ1) is 23.0. The van der Waals surface area contributed by atoms with E-state index in [1.54, 1.807) is 12.1 Å². The van der Waals surface area contributed by atoms with Crippen molar-refractivity contribution in [3.63, 3.8) is 0 Å². The molecule has 1 heterocycles. The molecule has 0 unspecified atom stereocenters. The first-order chi connectivity index (χ1) is 10.0. The van der Waals surface area contributed by atoms with Crippen LogP contribution in [-0.4, -0.2) is 30.2 Å². The number of carbonyl (C=O) groups excluding carboxylic acids is 1. The Bertz CT molecular complexity index is 675. The molecule has 0 saturated heterocycles. The molecule has 0 aliphatic carbocycles. The van der Waals surface area contributed by atoms with E-state index in [-0.39, 0.29) is 76.3 Å². The van der Waals surface area contributed by atoms with Crippen molar-refractivity contribution in [3.8, 4) is 11.8 Å². The fourth-order valence-electron chi connectivity index (χ4n) is 1.52.